The molecule has 0 amide bonds. The smallest absolute Gasteiger partial charge is 0.309 e. The predicted molar refractivity (Wildman–Crippen MR) is 74.7 cm³/mol. The van der Waals surface area contributed by atoms with E-state index in [0.29, 0.717) is 19.4 Å². The molecule has 1 N–H and O–H groups in total. The Labute approximate surface area is 124 Å². The van der Waals surface area contributed by atoms with Gasteiger partial charge in [-0.05, 0) is 12.8 Å². The van der Waals surface area contributed by atoms with E-state index in [1.807, 2.05) is 0 Å². The minimum absolute atomic E-state index is 0.0107. The number of nitrogens with zero attached hydrogens (tertiary/aromatic N) is 2. The second-order valence-electron chi connectivity index (χ2n) is 5.25. The molecule has 0 radical (unpaired) electrons. The second kappa shape index (κ2) is 7.19. The van der Waals surface area contributed by atoms with E-state index in [4.69, 9.17) is 5.11 Å². The van der Waals surface area contributed by atoms with Crippen molar-refractivity contribution in [1.29, 1.82) is 0 Å². The van der Waals surface area contributed by atoms with E-state index < -0.39 is 34.0 Å². The van der Waals surface area contributed by atoms with Crippen LogP contribution in [0.5, 0.6) is 0 Å². The molecular weight excluding hydrogens is 300 g/mol. The first-order valence-electron chi connectivity index (χ1n) is 6.72. The molecule has 0 saturated carbocycles. The number of carboxylic acids is 1. The Bertz CT molecular complexity index is 492. The van der Waals surface area contributed by atoms with Gasteiger partial charge in [0.05, 0.1) is 18.9 Å². The average Bonchev–Trinajstić information content (AvgIpc) is 2.46. The van der Waals surface area contributed by atoms with E-state index >= 15 is 0 Å². The van der Waals surface area contributed by atoms with Crippen molar-refractivity contribution in [2.45, 2.75) is 19.8 Å². The third-order valence-electron chi connectivity index (χ3n) is 3.59. The minimum Gasteiger partial charge on any atom is -0.481 e. The zero-order valence-corrected chi connectivity index (χ0v) is 13.3. The molecule has 1 heterocycles. The summed E-state index contributed by atoms with van der Waals surface area (Å²) in [5.74, 6) is -2.74. The number of carbonyl (C=O) groups excluding carboxylic acids is 1. The summed E-state index contributed by atoms with van der Waals surface area (Å²) in [6.07, 6.45) is 0.986. The van der Waals surface area contributed by atoms with Crippen molar-refractivity contribution in [3.05, 3.63) is 0 Å². The molecule has 21 heavy (non-hydrogen) atoms. The fraction of sp³-hybridized carbons (Fsp3) is 0.833. The van der Waals surface area contributed by atoms with Crippen molar-refractivity contribution >= 4 is 22.1 Å². The van der Waals surface area contributed by atoms with Crippen molar-refractivity contribution in [1.82, 2.24) is 8.61 Å². The maximum atomic E-state index is 12.4. The standard InChI is InChI=1S/C12H22N2O6S/c1-9(12(17)20-3)7-13(2)21(18,19)14-6-4-5-10(8-14)11(15)16/h9-10H,4-8H2,1-3H3,(H,15,16). The Morgan fingerprint density at radius 3 is 2.62 bits per heavy atom. The first kappa shape index (κ1) is 17.9. The molecule has 8 nitrogen and oxygen atoms in total. The lowest BCUT2D eigenvalue weighted by molar-refractivity contribution is -0.145. The van der Waals surface area contributed by atoms with E-state index in [0.717, 1.165) is 4.31 Å². The molecule has 0 spiro atoms. The summed E-state index contributed by atoms with van der Waals surface area (Å²) in [5.41, 5.74) is 0. The van der Waals surface area contributed by atoms with Crippen molar-refractivity contribution in [2.75, 3.05) is 33.8 Å². The molecule has 0 aromatic carbocycles. The number of aliphatic carboxylic acids is 1. The van der Waals surface area contributed by atoms with Crippen LogP contribution in [0, 0.1) is 11.8 Å². The quantitative estimate of drug-likeness (QED) is 0.677. The maximum absolute atomic E-state index is 12.4. The van der Waals surface area contributed by atoms with Crippen molar-refractivity contribution < 1.29 is 27.9 Å². The van der Waals surface area contributed by atoms with Gasteiger partial charge in [0.2, 0.25) is 0 Å². The fourth-order valence-corrected chi connectivity index (χ4v) is 3.84. The monoisotopic (exact) mass is 322 g/mol. The summed E-state index contributed by atoms with van der Waals surface area (Å²) < 4.78 is 31.6. The molecule has 2 atom stereocenters. The van der Waals surface area contributed by atoms with Crippen LogP contribution in [0.3, 0.4) is 0 Å². The van der Waals surface area contributed by atoms with Gasteiger partial charge in [-0.3, -0.25) is 9.59 Å². The number of rotatable bonds is 6. The van der Waals surface area contributed by atoms with Crippen LogP contribution in [0.4, 0.5) is 0 Å². The molecule has 1 aliphatic heterocycles. The largest absolute Gasteiger partial charge is 0.481 e. The zero-order valence-electron chi connectivity index (χ0n) is 12.5. The Hall–Kier alpha value is -1.19. The van der Waals surface area contributed by atoms with Gasteiger partial charge in [-0.2, -0.15) is 17.0 Å². The Morgan fingerprint density at radius 2 is 2.10 bits per heavy atom. The molecule has 0 aromatic heterocycles. The highest BCUT2D eigenvalue weighted by Gasteiger charge is 2.35. The van der Waals surface area contributed by atoms with Gasteiger partial charge < -0.3 is 9.84 Å². The minimum atomic E-state index is -3.77. The van der Waals surface area contributed by atoms with Crippen LogP contribution < -0.4 is 0 Å². The highest BCUT2D eigenvalue weighted by Crippen LogP contribution is 2.21. The molecule has 1 fully saturated rings. The van der Waals surface area contributed by atoms with Gasteiger partial charge in [0.25, 0.3) is 10.2 Å². The van der Waals surface area contributed by atoms with Crippen LogP contribution in [0.25, 0.3) is 0 Å². The molecule has 0 bridgehead atoms. The van der Waals surface area contributed by atoms with Crippen LogP contribution in [0.2, 0.25) is 0 Å². The summed E-state index contributed by atoms with van der Waals surface area (Å²) in [6, 6.07) is 0. The summed E-state index contributed by atoms with van der Waals surface area (Å²) in [6.45, 7) is 1.83. The van der Waals surface area contributed by atoms with Gasteiger partial charge in [0.15, 0.2) is 0 Å². The van der Waals surface area contributed by atoms with Crippen molar-refractivity contribution in [3.63, 3.8) is 0 Å². The molecule has 0 aromatic rings. The van der Waals surface area contributed by atoms with Crippen LogP contribution >= 0.6 is 0 Å². The molecule has 1 aliphatic rings. The number of carboxylic acid groups (broad SMARTS) is 1. The summed E-state index contributed by atoms with van der Waals surface area (Å²) in [5, 5.41) is 9.01. The van der Waals surface area contributed by atoms with Crippen LogP contribution in [-0.2, 0) is 24.5 Å². The lowest BCUT2D eigenvalue weighted by atomic mass is 10.0. The van der Waals surface area contributed by atoms with Crippen LogP contribution in [-0.4, -0.2) is 67.9 Å². The van der Waals surface area contributed by atoms with Gasteiger partial charge in [-0.25, -0.2) is 0 Å². The highest BCUT2D eigenvalue weighted by atomic mass is 32.2. The summed E-state index contributed by atoms with van der Waals surface area (Å²) in [4.78, 5) is 22.4. The number of esters is 1. The SMILES string of the molecule is COC(=O)C(C)CN(C)S(=O)(=O)N1CCCC(C(=O)O)C1. The summed E-state index contributed by atoms with van der Waals surface area (Å²) >= 11 is 0. The number of carbonyl (C=O) groups is 2. The lowest BCUT2D eigenvalue weighted by Crippen LogP contribution is -2.49. The first-order chi connectivity index (χ1) is 9.70. The predicted octanol–water partition coefficient (Wildman–Crippen LogP) is -0.231. The molecule has 0 aliphatic carbocycles. The summed E-state index contributed by atoms with van der Waals surface area (Å²) in [7, 11) is -1.15. The number of hydrogen-bond acceptors (Lipinski definition) is 5. The third kappa shape index (κ3) is 4.39. The number of methoxy groups -OCH3 is 1. The highest BCUT2D eigenvalue weighted by molar-refractivity contribution is 7.86. The second-order valence-corrected chi connectivity index (χ2v) is 7.28. The van der Waals surface area contributed by atoms with Crippen LogP contribution in [0.1, 0.15) is 19.8 Å². The van der Waals surface area contributed by atoms with E-state index in [2.05, 4.69) is 4.74 Å². The number of hydrogen-bond donors (Lipinski definition) is 1. The Balaban J connectivity index is 2.75. The maximum Gasteiger partial charge on any atom is 0.309 e. The van der Waals surface area contributed by atoms with Gasteiger partial charge in [0.1, 0.15) is 0 Å². The molecule has 9 heteroatoms. The van der Waals surface area contributed by atoms with E-state index in [1.165, 1.54) is 18.5 Å². The topological polar surface area (TPSA) is 104 Å². The zero-order chi connectivity index (χ0) is 16.2. The molecule has 1 rings (SSSR count). The van der Waals surface area contributed by atoms with E-state index in [1.54, 1.807) is 6.92 Å². The lowest BCUT2D eigenvalue weighted by Gasteiger charge is -2.33. The Morgan fingerprint density at radius 1 is 1.48 bits per heavy atom. The van der Waals surface area contributed by atoms with Crippen molar-refractivity contribution in [2.24, 2.45) is 11.8 Å². The van der Waals surface area contributed by atoms with Gasteiger partial charge in [-0.15, -0.1) is 0 Å². The molecular formula is C12H22N2O6S. The molecule has 122 valence electrons. The van der Waals surface area contributed by atoms with Gasteiger partial charge in [-0.1, -0.05) is 6.92 Å². The van der Waals surface area contributed by atoms with E-state index in [9.17, 15) is 18.0 Å². The first-order valence-corrected chi connectivity index (χ1v) is 8.12. The molecule has 2 unspecified atom stereocenters. The normalized spacial score (nSPS) is 22.0. The van der Waals surface area contributed by atoms with Crippen LogP contribution in [0.15, 0.2) is 0 Å². The van der Waals surface area contributed by atoms with Crippen molar-refractivity contribution in [3.8, 4) is 0 Å². The van der Waals surface area contributed by atoms with Gasteiger partial charge >= 0.3 is 11.9 Å². The third-order valence-corrected chi connectivity index (χ3v) is 5.51. The number of ether oxygens (including phenoxy) is 1. The van der Waals surface area contributed by atoms with Gasteiger partial charge in [0, 0.05) is 26.7 Å². The average molecular weight is 322 g/mol. The number of piperidine rings is 1. The fourth-order valence-electron chi connectivity index (χ4n) is 2.31. The molecule has 1 saturated heterocycles. The van der Waals surface area contributed by atoms with E-state index in [-0.39, 0.29) is 13.1 Å². The Kier molecular flexibility index (Phi) is 6.11.